The van der Waals surface area contributed by atoms with E-state index in [1.54, 1.807) is 0 Å². The maximum Gasteiger partial charge on any atom is 0.120 e. The van der Waals surface area contributed by atoms with Gasteiger partial charge in [0.25, 0.3) is 0 Å². The van der Waals surface area contributed by atoms with Gasteiger partial charge in [-0.05, 0) is 127 Å². The van der Waals surface area contributed by atoms with Crippen molar-refractivity contribution in [2.24, 2.45) is 30.0 Å². The molecule has 6 atom stereocenters. The summed E-state index contributed by atoms with van der Waals surface area (Å²) >= 11 is 0. The molecule has 0 spiro atoms. The van der Waals surface area contributed by atoms with Crippen molar-refractivity contribution in [3.05, 3.63) is 124 Å². The fraction of sp³-hybridized carbons (Fsp3) is 0.474. The molecule has 19 heteroatoms. The van der Waals surface area contributed by atoms with Crippen LogP contribution in [-0.4, -0.2) is 143 Å². The molecule has 3 aliphatic carbocycles. The minimum atomic E-state index is 0.0242. The number of rotatable bonds is 0. The zero-order valence-electron chi connectivity index (χ0n) is 43.1. The molecule has 0 radical (unpaired) electrons. The number of hydrogen-bond acceptors (Lipinski definition) is 16. The summed E-state index contributed by atoms with van der Waals surface area (Å²) in [4.78, 5) is 33.9. The van der Waals surface area contributed by atoms with Crippen LogP contribution >= 0.6 is 0 Å². The van der Waals surface area contributed by atoms with Crippen LogP contribution in [0.2, 0.25) is 0 Å². The molecule has 3 saturated carbocycles. The Balaban J connectivity index is 0.987. The van der Waals surface area contributed by atoms with E-state index in [2.05, 4.69) is 90.4 Å². The average molecular weight is 1020 g/mol. The maximum absolute atomic E-state index is 6.54. The summed E-state index contributed by atoms with van der Waals surface area (Å²) in [6.07, 6.45) is 30.3. The minimum Gasteiger partial charge on any atom is -0.492 e. The Hall–Kier alpha value is -7.54. The van der Waals surface area contributed by atoms with E-state index in [0.717, 1.165) is 145 Å². The molecule has 76 heavy (non-hydrogen) atoms. The standard InChI is InChI=1S/C57H66N16O3/c1-2-8-53-52(7-1)58-28-40-19-42-24-49(22-40)74-16-13-71-37-46(64-67-71)34-70-35-47-38-72(68-65-47)14-17-75-50-23-41(29-59-53)20-43(25-50)31-61-56-11-5-6-12-57(56)63-33-45-21-44(32-62-55-10-4-3-9-54(55)60-30-42)26-51(27-45)76-18-15-73-39-48(36-70)66-69-73/h19-33,37-39,52-57H,1-18,34-36H2/t52-,53-,54+,55-,56+,57-/m0/s1. The van der Waals surface area contributed by atoms with Gasteiger partial charge in [-0.3, -0.25) is 34.9 Å². The van der Waals surface area contributed by atoms with Gasteiger partial charge < -0.3 is 14.2 Å². The van der Waals surface area contributed by atoms with E-state index in [1.165, 1.54) is 0 Å². The van der Waals surface area contributed by atoms with E-state index in [0.29, 0.717) is 59.1 Å². The molecule has 7 heterocycles. The first-order valence-electron chi connectivity index (χ1n) is 27.4. The monoisotopic (exact) mass is 1020 g/mol. The van der Waals surface area contributed by atoms with Gasteiger partial charge in [-0.25, -0.2) is 14.0 Å². The lowest BCUT2D eigenvalue weighted by Gasteiger charge is -2.25. The minimum absolute atomic E-state index is 0.0242. The predicted octanol–water partition coefficient (Wildman–Crippen LogP) is 7.39. The molecular weight excluding hydrogens is 957 g/mol. The zero-order valence-corrected chi connectivity index (χ0v) is 43.1. The predicted molar refractivity (Wildman–Crippen MR) is 293 cm³/mol. The first-order chi connectivity index (χ1) is 37.5. The van der Waals surface area contributed by atoms with Crippen molar-refractivity contribution < 1.29 is 14.2 Å². The SMILES string of the molecule is C1=N[C@H]2CCCC[C@@H]2N=Cc2cc3cc(c2)OCCn2cc(nn2)CN2Cc4cn(nn4)CCOc4cc(cc(c4)C=N[C@H]4CCCC[C@H]4N=C3)C=N[C@H]3CCCC[C@H]3N=Cc3cc1cc(c3)OCCn1cc(nn1)C2. The lowest BCUT2D eigenvalue weighted by Crippen LogP contribution is -2.27. The van der Waals surface area contributed by atoms with E-state index < -0.39 is 0 Å². The van der Waals surface area contributed by atoms with Gasteiger partial charge in [0.05, 0.1) is 73.0 Å². The Morgan fingerprint density at radius 1 is 0.329 bits per heavy atom. The van der Waals surface area contributed by atoms with Crippen LogP contribution in [0, 0.1) is 0 Å². The zero-order chi connectivity index (χ0) is 50.9. The molecular formula is C57H66N16O3. The van der Waals surface area contributed by atoms with Gasteiger partial charge in [0, 0.05) is 75.5 Å². The first-order valence-corrected chi connectivity index (χ1v) is 27.4. The van der Waals surface area contributed by atoms with Crippen LogP contribution in [0.15, 0.2) is 103 Å². The highest BCUT2D eigenvalue weighted by Gasteiger charge is 2.26. The second-order valence-electron chi connectivity index (χ2n) is 21.0. The Bertz CT molecular complexity index is 2680. The van der Waals surface area contributed by atoms with Crippen LogP contribution in [0.4, 0.5) is 0 Å². The van der Waals surface area contributed by atoms with Crippen molar-refractivity contribution in [1.82, 2.24) is 49.9 Å². The van der Waals surface area contributed by atoms with Gasteiger partial charge in [0.1, 0.15) is 37.1 Å². The molecule has 19 nitrogen and oxygen atoms in total. The number of aliphatic imine (C=N–C) groups is 6. The van der Waals surface area contributed by atoms with Gasteiger partial charge in [-0.2, -0.15) is 0 Å². The van der Waals surface area contributed by atoms with Crippen molar-refractivity contribution in [3.8, 4) is 17.2 Å². The van der Waals surface area contributed by atoms with Crippen LogP contribution in [0.5, 0.6) is 17.2 Å². The van der Waals surface area contributed by atoms with Crippen molar-refractivity contribution >= 4 is 37.3 Å². The molecule has 4 aliphatic heterocycles. The Morgan fingerprint density at radius 3 is 0.829 bits per heavy atom. The van der Waals surface area contributed by atoms with Crippen LogP contribution in [0.25, 0.3) is 0 Å². The molecule has 0 amide bonds. The van der Waals surface area contributed by atoms with Crippen molar-refractivity contribution in [2.75, 3.05) is 19.8 Å². The molecule has 3 aromatic heterocycles. The summed E-state index contributed by atoms with van der Waals surface area (Å²) in [6, 6.07) is 19.0. The largest absolute Gasteiger partial charge is 0.492 e. The number of benzene rings is 3. The van der Waals surface area contributed by atoms with E-state index >= 15 is 0 Å². The second-order valence-corrected chi connectivity index (χ2v) is 21.0. The summed E-state index contributed by atoms with van der Waals surface area (Å²) in [7, 11) is 0. The normalized spacial score (nSPS) is 25.2. The summed E-state index contributed by atoms with van der Waals surface area (Å²) in [5.41, 5.74) is 8.08. The van der Waals surface area contributed by atoms with Gasteiger partial charge in [-0.1, -0.05) is 54.2 Å². The first kappa shape index (κ1) is 49.3. The van der Waals surface area contributed by atoms with E-state index in [1.807, 2.05) is 69.9 Å². The quantitative estimate of drug-likeness (QED) is 0.148. The Labute approximate surface area is 443 Å². The molecule has 0 saturated heterocycles. The average Bonchev–Trinajstić information content (AvgIpc) is 4.21. The van der Waals surface area contributed by atoms with E-state index in [4.69, 9.17) is 44.2 Å². The van der Waals surface area contributed by atoms with E-state index in [9.17, 15) is 0 Å². The molecule has 7 aliphatic rings. The lowest BCUT2D eigenvalue weighted by molar-refractivity contribution is 0.238. The highest BCUT2D eigenvalue weighted by atomic mass is 16.5. The molecule has 3 aromatic carbocycles. The fourth-order valence-corrected chi connectivity index (χ4v) is 11.2. The summed E-state index contributed by atoms with van der Waals surface area (Å²) < 4.78 is 25.1. The van der Waals surface area contributed by atoms with Gasteiger partial charge in [-0.15, -0.1) is 15.3 Å². The number of hydrogen-bond donors (Lipinski definition) is 0. The molecule has 0 N–H and O–H groups in total. The van der Waals surface area contributed by atoms with Crippen LogP contribution in [0.1, 0.15) is 128 Å². The number of ether oxygens (including phenoxy) is 3. The number of fused-ring (bicyclic) bond motifs is 6. The molecule has 16 bridgehead atoms. The smallest absolute Gasteiger partial charge is 0.120 e. The highest BCUT2D eigenvalue weighted by Crippen LogP contribution is 2.29. The molecule has 6 aromatic rings. The lowest BCUT2D eigenvalue weighted by atomic mass is 9.91. The fourth-order valence-electron chi connectivity index (χ4n) is 11.2. The summed E-state index contributed by atoms with van der Waals surface area (Å²) in [5.74, 6) is 2.20. The van der Waals surface area contributed by atoms with Gasteiger partial charge >= 0.3 is 0 Å². The number of nitrogens with zero attached hydrogens (tertiary/aromatic N) is 16. The second kappa shape index (κ2) is 23.6. The maximum atomic E-state index is 6.54. The third kappa shape index (κ3) is 12.9. The molecule has 3 fully saturated rings. The molecule has 13 rings (SSSR count). The number of aromatic nitrogens is 9. The van der Waals surface area contributed by atoms with Gasteiger partial charge in [0.2, 0.25) is 0 Å². The third-order valence-corrected chi connectivity index (χ3v) is 15.1. The van der Waals surface area contributed by atoms with Crippen LogP contribution in [0.3, 0.4) is 0 Å². The Kier molecular flexibility index (Phi) is 15.3. The highest BCUT2D eigenvalue weighted by molar-refractivity contribution is 5.89. The molecule has 392 valence electrons. The summed E-state index contributed by atoms with van der Waals surface area (Å²) in [5, 5.41) is 27.3. The third-order valence-electron chi connectivity index (χ3n) is 15.1. The van der Waals surface area contributed by atoms with E-state index in [-0.39, 0.29) is 36.3 Å². The summed E-state index contributed by atoms with van der Waals surface area (Å²) in [6.45, 7) is 4.10. The van der Waals surface area contributed by atoms with Gasteiger partial charge in [0.15, 0.2) is 0 Å². The van der Waals surface area contributed by atoms with Crippen LogP contribution < -0.4 is 14.2 Å². The molecule has 0 unspecified atom stereocenters. The Morgan fingerprint density at radius 2 is 0.579 bits per heavy atom. The van der Waals surface area contributed by atoms with Crippen molar-refractivity contribution in [1.29, 1.82) is 0 Å². The topological polar surface area (TPSA) is 197 Å². The van der Waals surface area contributed by atoms with Crippen molar-refractivity contribution in [3.63, 3.8) is 0 Å². The van der Waals surface area contributed by atoms with Crippen molar-refractivity contribution in [2.45, 2.75) is 153 Å². The van der Waals surface area contributed by atoms with Crippen LogP contribution in [-0.2, 0) is 39.3 Å².